The van der Waals surface area contributed by atoms with Crippen LogP contribution in [-0.4, -0.2) is 49.5 Å². The fourth-order valence-corrected chi connectivity index (χ4v) is 4.79. The zero-order chi connectivity index (χ0) is 23.8. The van der Waals surface area contributed by atoms with E-state index < -0.39 is 16.1 Å². The SMILES string of the molecule is CS(=O)(=O)N(Cc1ccccc1)c1cc([C@@H](O)CN(CCO)Cc2ccccc2)ccc1Cl. The van der Waals surface area contributed by atoms with Gasteiger partial charge in [-0.05, 0) is 28.8 Å². The lowest BCUT2D eigenvalue weighted by Crippen LogP contribution is -2.31. The van der Waals surface area contributed by atoms with Gasteiger partial charge in [-0.15, -0.1) is 0 Å². The third kappa shape index (κ3) is 7.28. The largest absolute Gasteiger partial charge is 0.395 e. The molecule has 3 rings (SSSR count). The summed E-state index contributed by atoms with van der Waals surface area (Å²) in [5.41, 5.74) is 2.76. The average molecular weight is 489 g/mol. The number of hydrogen-bond acceptors (Lipinski definition) is 5. The van der Waals surface area contributed by atoms with Crippen molar-refractivity contribution in [1.82, 2.24) is 4.90 Å². The predicted octanol–water partition coefficient (Wildman–Crippen LogP) is 3.83. The number of benzene rings is 3. The molecule has 0 saturated heterocycles. The van der Waals surface area contributed by atoms with Crippen molar-refractivity contribution in [2.75, 3.05) is 30.3 Å². The molecule has 0 unspecified atom stereocenters. The van der Waals surface area contributed by atoms with Crippen LogP contribution in [0.3, 0.4) is 0 Å². The lowest BCUT2D eigenvalue weighted by Gasteiger charge is -2.27. The van der Waals surface area contributed by atoms with E-state index in [9.17, 15) is 18.6 Å². The number of aliphatic hydroxyl groups is 2. The summed E-state index contributed by atoms with van der Waals surface area (Å²) in [5, 5.41) is 20.7. The van der Waals surface area contributed by atoms with E-state index in [0.717, 1.165) is 17.4 Å². The molecule has 0 aliphatic heterocycles. The van der Waals surface area contributed by atoms with Gasteiger partial charge in [0.25, 0.3) is 0 Å². The lowest BCUT2D eigenvalue weighted by molar-refractivity contribution is 0.0957. The average Bonchev–Trinajstić information content (AvgIpc) is 2.79. The molecule has 0 aliphatic carbocycles. The molecule has 1 atom stereocenters. The molecule has 0 heterocycles. The van der Waals surface area contributed by atoms with Gasteiger partial charge in [0.1, 0.15) is 0 Å². The fraction of sp³-hybridized carbons (Fsp3) is 0.280. The predicted molar refractivity (Wildman–Crippen MR) is 133 cm³/mol. The maximum Gasteiger partial charge on any atom is 0.232 e. The van der Waals surface area contributed by atoms with Crippen molar-refractivity contribution < 1.29 is 18.6 Å². The van der Waals surface area contributed by atoms with Crippen LogP contribution in [0.25, 0.3) is 0 Å². The molecule has 2 N–H and O–H groups in total. The zero-order valence-electron chi connectivity index (χ0n) is 18.5. The molecule has 0 spiro atoms. The molecule has 0 saturated carbocycles. The van der Waals surface area contributed by atoms with Crippen molar-refractivity contribution in [3.05, 3.63) is 101 Å². The number of halogens is 1. The second kappa shape index (κ2) is 11.6. The van der Waals surface area contributed by atoms with Crippen molar-refractivity contribution in [2.24, 2.45) is 0 Å². The summed E-state index contributed by atoms with van der Waals surface area (Å²) in [6.45, 7) is 1.33. The third-order valence-electron chi connectivity index (χ3n) is 5.29. The lowest BCUT2D eigenvalue weighted by atomic mass is 10.1. The van der Waals surface area contributed by atoms with E-state index >= 15 is 0 Å². The second-order valence-corrected chi connectivity index (χ2v) is 10.2. The van der Waals surface area contributed by atoms with Gasteiger partial charge in [-0.3, -0.25) is 9.21 Å². The smallest absolute Gasteiger partial charge is 0.232 e. The second-order valence-electron chi connectivity index (χ2n) is 7.93. The van der Waals surface area contributed by atoms with Crippen molar-refractivity contribution in [3.8, 4) is 0 Å². The van der Waals surface area contributed by atoms with E-state index in [1.165, 1.54) is 4.31 Å². The molecule has 0 aliphatic rings. The number of hydrogen-bond donors (Lipinski definition) is 2. The van der Waals surface area contributed by atoms with Crippen LogP contribution in [0.15, 0.2) is 78.9 Å². The Balaban J connectivity index is 1.84. The van der Waals surface area contributed by atoms with Gasteiger partial charge in [0.15, 0.2) is 0 Å². The highest BCUT2D eigenvalue weighted by Crippen LogP contribution is 2.32. The van der Waals surface area contributed by atoms with Crippen LogP contribution in [0.4, 0.5) is 5.69 Å². The summed E-state index contributed by atoms with van der Waals surface area (Å²) in [5.74, 6) is 0. The molecule has 176 valence electrons. The Morgan fingerprint density at radius 3 is 2.03 bits per heavy atom. The monoisotopic (exact) mass is 488 g/mol. The van der Waals surface area contributed by atoms with Crippen LogP contribution in [0.1, 0.15) is 22.8 Å². The molecular formula is C25H29ClN2O4S. The van der Waals surface area contributed by atoms with Gasteiger partial charge in [-0.25, -0.2) is 8.42 Å². The van der Waals surface area contributed by atoms with Gasteiger partial charge >= 0.3 is 0 Å². The van der Waals surface area contributed by atoms with Crippen molar-refractivity contribution in [2.45, 2.75) is 19.2 Å². The third-order valence-corrected chi connectivity index (χ3v) is 6.74. The molecule has 0 fully saturated rings. The molecule has 6 nitrogen and oxygen atoms in total. The summed E-state index contributed by atoms with van der Waals surface area (Å²) in [4.78, 5) is 1.95. The molecule has 0 aromatic heterocycles. The van der Waals surface area contributed by atoms with Crippen LogP contribution in [0, 0.1) is 0 Å². The first-order chi connectivity index (χ1) is 15.8. The van der Waals surface area contributed by atoms with E-state index in [4.69, 9.17) is 11.6 Å². The molecular weight excluding hydrogens is 460 g/mol. The minimum absolute atomic E-state index is 0.0373. The normalized spacial score (nSPS) is 12.6. The molecule has 3 aromatic rings. The fourth-order valence-electron chi connectivity index (χ4n) is 3.63. The van der Waals surface area contributed by atoms with E-state index in [0.29, 0.717) is 24.3 Å². The van der Waals surface area contributed by atoms with Crippen LogP contribution in [-0.2, 0) is 23.1 Å². The Bertz CT molecular complexity index is 1130. The first-order valence-corrected chi connectivity index (χ1v) is 12.9. The Hall–Kier alpha value is -2.42. The van der Waals surface area contributed by atoms with Crippen molar-refractivity contribution in [1.29, 1.82) is 0 Å². The van der Waals surface area contributed by atoms with Crippen LogP contribution >= 0.6 is 11.6 Å². The molecule has 8 heteroatoms. The number of sulfonamides is 1. The number of aliphatic hydroxyl groups excluding tert-OH is 2. The Morgan fingerprint density at radius 2 is 1.48 bits per heavy atom. The van der Waals surface area contributed by atoms with Crippen LogP contribution in [0.5, 0.6) is 0 Å². The molecule has 0 bridgehead atoms. The Morgan fingerprint density at radius 1 is 0.909 bits per heavy atom. The van der Waals surface area contributed by atoms with Gasteiger partial charge in [-0.1, -0.05) is 78.3 Å². The number of nitrogens with zero attached hydrogens (tertiary/aromatic N) is 2. The van der Waals surface area contributed by atoms with Gasteiger partial charge in [0, 0.05) is 19.6 Å². The summed E-state index contributed by atoms with van der Waals surface area (Å²) in [6.07, 6.45) is 0.243. The summed E-state index contributed by atoms with van der Waals surface area (Å²) in [7, 11) is -3.63. The summed E-state index contributed by atoms with van der Waals surface area (Å²) < 4.78 is 26.5. The Kier molecular flexibility index (Phi) is 8.88. The standard InChI is InChI=1S/C25H29ClN2O4S/c1-33(31,32)28(18-21-10-6-3-7-11-21)24-16-22(12-13-23(24)26)25(30)19-27(14-15-29)17-20-8-4-2-5-9-20/h2-13,16,25,29-30H,14-15,17-19H2,1H3/t25-/m0/s1. The Labute approximate surface area is 200 Å². The van der Waals surface area contributed by atoms with E-state index in [-0.39, 0.29) is 24.7 Å². The minimum Gasteiger partial charge on any atom is -0.395 e. The first-order valence-electron chi connectivity index (χ1n) is 10.6. The summed E-state index contributed by atoms with van der Waals surface area (Å²) in [6, 6.07) is 24.0. The number of rotatable bonds is 11. The summed E-state index contributed by atoms with van der Waals surface area (Å²) >= 11 is 6.40. The molecule has 33 heavy (non-hydrogen) atoms. The van der Waals surface area contributed by atoms with Gasteiger partial charge in [0.05, 0.1) is 36.2 Å². The highest BCUT2D eigenvalue weighted by atomic mass is 35.5. The van der Waals surface area contributed by atoms with Gasteiger partial charge in [0.2, 0.25) is 10.0 Å². The van der Waals surface area contributed by atoms with Crippen LogP contribution < -0.4 is 4.31 Å². The van der Waals surface area contributed by atoms with Crippen molar-refractivity contribution in [3.63, 3.8) is 0 Å². The van der Waals surface area contributed by atoms with Gasteiger partial charge in [-0.2, -0.15) is 0 Å². The first kappa shape index (κ1) is 25.2. The van der Waals surface area contributed by atoms with Gasteiger partial charge < -0.3 is 10.2 Å². The van der Waals surface area contributed by atoms with E-state index in [1.807, 2.05) is 65.6 Å². The quantitative estimate of drug-likeness (QED) is 0.428. The minimum atomic E-state index is -3.63. The molecule has 0 amide bonds. The van der Waals surface area contributed by atoms with Crippen molar-refractivity contribution >= 4 is 27.3 Å². The topological polar surface area (TPSA) is 81.1 Å². The number of anilines is 1. The van der Waals surface area contributed by atoms with E-state index in [2.05, 4.69) is 0 Å². The molecule has 3 aromatic carbocycles. The van der Waals surface area contributed by atoms with E-state index in [1.54, 1.807) is 18.2 Å². The van der Waals surface area contributed by atoms with Crippen LogP contribution in [0.2, 0.25) is 5.02 Å². The zero-order valence-corrected chi connectivity index (χ0v) is 20.1. The maximum atomic E-state index is 12.6. The highest BCUT2D eigenvalue weighted by molar-refractivity contribution is 7.92. The molecule has 0 radical (unpaired) electrons. The highest BCUT2D eigenvalue weighted by Gasteiger charge is 2.23. The maximum absolute atomic E-state index is 12.6.